The molecule has 0 aliphatic heterocycles. The zero-order valence-electron chi connectivity index (χ0n) is 15.9. The largest absolute Gasteiger partial charge is 3.00 e. The molecule has 0 spiro atoms. The maximum Gasteiger partial charge on any atom is 3.00 e. The molecule has 27 heavy (non-hydrogen) atoms. The third-order valence-corrected chi connectivity index (χ3v) is 4.86. The first-order chi connectivity index (χ1) is 11.6. The minimum Gasteiger partial charge on any atom is -1.00 e. The van der Waals surface area contributed by atoms with E-state index in [0.29, 0.717) is 5.92 Å². The summed E-state index contributed by atoms with van der Waals surface area (Å²) in [5, 5.41) is 5.39. The van der Waals surface area contributed by atoms with Gasteiger partial charge in [0.1, 0.15) is 0 Å². The van der Waals surface area contributed by atoms with Crippen molar-refractivity contribution in [2.45, 2.75) is 27.2 Å². The topological polar surface area (TPSA) is 0 Å². The van der Waals surface area contributed by atoms with E-state index in [9.17, 15) is 0 Å². The average Bonchev–Trinajstić information content (AvgIpc) is 2.96. The number of fused-ring (bicyclic) bond motifs is 2. The molecule has 0 atom stereocenters. The molecular formula is C24H23Cl2Zr. The van der Waals surface area contributed by atoms with Crippen molar-refractivity contribution in [3.8, 4) is 11.1 Å². The van der Waals surface area contributed by atoms with E-state index in [4.69, 9.17) is 0 Å². The molecule has 0 unspecified atom stereocenters. The van der Waals surface area contributed by atoms with Gasteiger partial charge in [0.2, 0.25) is 0 Å². The van der Waals surface area contributed by atoms with Crippen LogP contribution in [-0.2, 0) is 32.6 Å². The van der Waals surface area contributed by atoms with E-state index in [1.165, 1.54) is 43.8 Å². The Morgan fingerprint density at radius 1 is 0.852 bits per heavy atom. The van der Waals surface area contributed by atoms with Crippen LogP contribution in [-0.4, -0.2) is 0 Å². The molecule has 0 aromatic heterocycles. The maximum absolute atomic E-state index is 2.39. The van der Waals surface area contributed by atoms with Crippen molar-refractivity contribution >= 4 is 21.5 Å². The summed E-state index contributed by atoms with van der Waals surface area (Å²) in [5.41, 5.74) is 5.52. The summed E-state index contributed by atoms with van der Waals surface area (Å²) >= 11 is 0. The summed E-state index contributed by atoms with van der Waals surface area (Å²) < 4.78 is 0. The fourth-order valence-corrected chi connectivity index (χ4v) is 3.84. The van der Waals surface area contributed by atoms with Crippen molar-refractivity contribution in [2.75, 3.05) is 0 Å². The van der Waals surface area contributed by atoms with Gasteiger partial charge in [-0.1, -0.05) is 61.9 Å². The second kappa shape index (κ2) is 9.97. The second-order valence-corrected chi connectivity index (χ2v) is 7.25. The van der Waals surface area contributed by atoms with Gasteiger partial charge in [0.25, 0.3) is 0 Å². The molecule has 0 aliphatic carbocycles. The van der Waals surface area contributed by atoms with Crippen molar-refractivity contribution in [3.05, 3.63) is 77.9 Å². The molecule has 0 bridgehead atoms. The van der Waals surface area contributed by atoms with Crippen molar-refractivity contribution in [1.82, 2.24) is 0 Å². The van der Waals surface area contributed by atoms with Crippen molar-refractivity contribution in [3.63, 3.8) is 0 Å². The molecular weight excluding hydrogens is 450 g/mol. The molecule has 4 aromatic carbocycles. The third kappa shape index (κ3) is 4.71. The number of benzene rings is 3. The molecule has 0 N–H and O–H groups in total. The van der Waals surface area contributed by atoms with Crippen LogP contribution in [0.3, 0.4) is 0 Å². The first kappa shape index (κ1) is 24.0. The summed E-state index contributed by atoms with van der Waals surface area (Å²) in [6, 6.07) is 24.6. The molecule has 0 saturated carbocycles. The number of aryl methyl sites for hydroxylation is 1. The summed E-state index contributed by atoms with van der Waals surface area (Å²) in [7, 11) is 0. The first-order valence-electron chi connectivity index (χ1n) is 8.80. The van der Waals surface area contributed by atoms with Crippen molar-refractivity contribution in [2.24, 2.45) is 5.92 Å². The zero-order chi connectivity index (χ0) is 16.7. The van der Waals surface area contributed by atoms with E-state index in [2.05, 4.69) is 87.5 Å². The smallest absolute Gasteiger partial charge is 1.00 e. The van der Waals surface area contributed by atoms with Crippen LogP contribution in [0.2, 0.25) is 0 Å². The van der Waals surface area contributed by atoms with Gasteiger partial charge in [-0.05, 0) is 41.2 Å². The van der Waals surface area contributed by atoms with Crippen molar-refractivity contribution in [1.29, 1.82) is 0 Å². The SMILES string of the molecule is Cc1ccc2ccccc2c1-c1cccc2[cH-]c(CC(C)C)cc12.[Cl-].[Cl-].[Zr+3]. The number of hydrogen-bond donors (Lipinski definition) is 0. The van der Waals surface area contributed by atoms with Crippen molar-refractivity contribution < 1.29 is 51.0 Å². The van der Waals surface area contributed by atoms with E-state index in [0.717, 1.165) is 6.42 Å². The third-order valence-electron chi connectivity index (χ3n) is 4.86. The van der Waals surface area contributed by atoms with Crippen LogP contribution in [0.1, 0.15) is 25.0 Å². The van der Waals surface area contributed by atoms with E-state index >= 15 is 0 Å². The van der Waals surface area contributed by atoms with Gasteiger partial charge in [-0.2, -0.15) is 6.07 Å². The fourth-order valence-electron chi connectivity index (χ4n) is 3.84. The molecule has 137 valence electrons. The molecule has 0 saturated heterocycles. The van der Waals surface area contributed by atoms with Crippen LogP contribution in [0, 0.1) is 12.8 Å². The Balaban J connectivity index is 0.00000121. The average molecular weight is 474 g/mol. The van der Waals surface area contributed by atoms with Gasteiger partial charge in [0, 0.05) is 0 Å². The Labute approximate surface area is 193 Å². The molecule has 3 heteroatoms. The van der Waals surface area contributed by atoms with Gasteiger partial charge in [-0.3, -0.25) is 0 Å². The normalized spacial score (nSPS) is 10.4. The minimum atomic E-state index is 0. The molecule has 1 radical (unpaired) electrons. The second-order valence-electron chi connectivity index (χ2n) is 7.25. The van der Waals surface area contributed by atoms with E-state index < -0.39 is 0 Å². The standard InChI is InChI=1S/C24H23.2ClH.Zr/c1-16(2)13-18-14-20-8-6-10-22(23(20)15-18)24-17(3)11-12-19-7-4-5-9-21(19)24;;;/h4-12,14-16H,13H2,1-3H3;2*1H;/q-1;;;+3/p-2. The molecule has 0 heterocycles. The molecule has 4 rings (SSSR count). The van der Waals surface area contributed by atoms with Crippen LogP contribution in [0.5, 0.6) is 0 Å². The van der Waals surface area contributed by atoms with Gasteiger partial charge in [0.05, 0.1) is 0 Å². The number of rotatable bonds is 3. The number of hydrogen-bond acceptors (Lipinski definition) is 0. The summed E-state index contributed by atoms with van der Waals surface area (Å²) in [5.74, 6) is 0.685. The van der Waals surface area contributed by atoms with Gasteiger partial charge in [0.15, 0.2) is 0 Å². The predicted molar refractivity (Wildman–Crippen MR) is 106 cm³/mol. The molecule has 4 aromatic rings. The number of halogens is 2. The summed E-state index contributed by atoms with van der Waals surface area (Å²) in [6.07, 6.45) is 1.14. The molecule has 0 amide bonds. The van der Waals surface area contributed by atoms with Crippen LogP contribution in [0.25, 0.3) is 32.7 Å². The van der Waals surface area contributed by atoms with Gasteiger partial charge >= 0.3 is 26.2 Å². The van der Waals surface area contributed by atoms with Gasteiger partial charge in [-0.15, -0.1) is 34.5 Å². The molecule has 0 aliphatic rings. The summed E-state index contributed by atoms with van der Waals surface area (Å²) in [6.45, 7) is 6.79. The van der Waals surface area contributed by atoms with Crippen LogP contribution >= 0.6 is 0 Å². The monoisotopic (exact) mass is 471 g/mol. The fraction of sp³-hybridized carbons (Fsp3) is 0.208. The molecule has 0 fully saturated rings. The zero-order valence-corrected chi connectivity index (χ0v) is 19.9. The van der Waals surface area contributed by atoms with Gasteiger partial charge < -0.3 is 24.8 Å². The van der Waals surface area contributed by atoms with E-state index in [1.807, 2.05) is 0 Å². The van der Waals surface area contributed by atoms with Crippen LogP contribution in [0.4, 0.5) is 0 Å². The predicted octanol–water partition coefficient (Wildman–Crippen LogP) is 0.891. The van der Waals surface area contributed by atoms with Crippen LogP contribution in [0.15, 0.2) is 66.7 Å². The minimum absolute atomic E-state index is 0. The Bertz CT molecular complexity index is 1030. The van der Waals surface area contributed by atoms with Crippen LogP contribution < -0.4 is 24.8 Å². The Kier molecular flexibility index (Phi) is 8.87. The van der Waals surface area contributed by atoms with Gasteiger partial charge in [-0.25, -0.2) is 0 Å². The quantitative estimate of drug-likeness (QED) is 0.388. The first-order valence-corrected chi connectivity index (χ1v) is 8.80. The maximum atomic E-state index is 2.39. The Hall–Kier alpha value is -1.01. The Morgan fingerprint density at radius 3 is 2.33 bits per heavy atom. The molecule has 0 nitrogen and oxygen atoms in total. The Morgan fingerprint density at radius 2 is 1.59 bits per heavy atom. The van der Waals surface area contributed by atoms with E-state index in [-0.39, 0.29) is 51.0 Å². The van der Waals surface area contributed by atoms with E-state index in [1.54, 1.807) is 0 Å². The summed E-state index contributed by atoms with van der Waals surface area (Å²) in [4.78, 5) is 0.